The SMILES string of the molecule is CCCCCCCCCCCCCC(=O)NCCC[N+](C)(C)Cc1cnc(C)c2c1COC(C)(CCC)O2.[Cl-]. The summed E-state index contributed by atoms with van der Waals surface area (Å²) in [5.41, 5.74) is 3.26. The molecule has 1 aromatic rings. The number of unbranched alkanes of at least 4 members (excludes halogenated alkanes) is 10. The lowest BCUT2D eigenvalue weighted by Crippen LogP contribution is -3.00. The number of rotatable bonds is 20. The summed E-state index contributed by atoms with van der Waals surface area (Å²) in [6.45, 7) is 11.6. The zero-order valence-corrected chi connectivity index (χ0v) is 26.8. The summed E-state index contributed by atoms with van der Waals surface area (Å²) in [5, 5.41) is 3.13. The quantitative estimate of drug-likeness (QED) is 0.185. The predicted octanol–water partition coefficient (Wildman–Crippen LogP) is 4.60. The van der Waals surface area contributed by atoms with Crippen LogP contribution in [0.5, 0.6) is 5.75 Å². The van der Waals surface area contributed by atoms with Gasteiger partial charge in [-0.1, -0.05) is 78.1 Å². The molecular formula is C32H58ClN3O3. The number of quaternary nitrogens is 1. The predicted molar refractivity (Wildman–Crippen MR) is 157 cm³/mol. The van der Waals surface area contributed by atoms with Crippen molar-refractivity contribution in [1.82, 2.24) is 10.3 Å². The summed E-state index contributed by atoms with van der Waals surface area (Å²) in [4.78, 5) is 16.9. The van der Waals surface area contributed by atoms with Crippen LogP contribution in [0.1, 0.15) is 134 Å². The molecule has 0 aromatic carbocycles. The Labute approximate surface area is 246 Å². The van der Waals surface area contributed by atoms with E-state index in [1.807, 2.05) is 20.0 Å². The first kappa shape index (κ1) is 35.7. The molecule has 6 nitrogen and oxygen atoms in total. The Bertz CT molecular complexity index is 833. The number of carbonyl (C=O) groups is 1. The summed E-state index contributed by atoms with van der Waals surface area (Å²) in [7, 11) is 4.48. The van der Waals surface area contributed by atoms with E-state index in [1.54, 1.807) is 0 Å². The van der Waals surface area contributed by atoms with Gasteiger partial charge < -0.3 is 31.7 Å². The summed E-state index contributed by atoms with van der Waals surface area (Å²) >= 11 is 0. The van der Waals surface area contributed by atoms with Gasteiger partial charge in [0, 0.05) is 50.1 Å². The third-order valence-electron chi connectivity index (χ3n) is 7.82. The number of nitrogens with zero attached hydrogens (tertiary/aromatic N) is 2. The maximum Gasteiger partial charge on any atom is 0.219 e. The Morgan fingerprint density at radius 1 is 0.974 bits per heavy atom. The standard InChI is InChI=1S/C32H57N3O3.ClH/c1-7-9-10-11-12-13-14-15-16-17-18-20-30(36)33-22-19-23-35(5,6)25-28-24-34-27(3)31-29(28)26-37-32(4,38-31)21-8-2;/h24H,7-23,25-26H2,1-6H3;1H. The fraction of sp³-hybridized carbons (Fsp3) is 0.812. The van der Waals surface area contributed by atoms with Gasteiger partial charge in [0.05, 0.1) is 32.9 Å². The second kappa shape index (κ2) is 18.9. The van der Waals surface area contributed by atoms with Gasteiger partial charge in [0.1, 0.15) is 12.3 Å². The molecule has 0 fully saturated rings. The smallest absolute Gasteiger partial charge is 0.219 e. The van der Waals surface area contributed by atoms with E-state index in [-0.39, 0.29) is 18.3 Å². The van der Waals surface area contributed by atoms with E-state index in [9.17, 15) is 4.79 Å². The summed E-state index contributed by atoms with van der Waals surface area (Å²) < 4.78 is 13.3. The monoisotopic (exact) mass is 567 g/mol. The van der Waals surface area contributed by atoms with Crippen LogP contribution in [-0.2, 0) is 22.7 Å². The van der Waals surface area contributed by atoms with E-state index in [0.29, 0.717) is 13.0 Å². The highest BCUT2D eigenvalue weighted by Gasteiger charge is 2.35. The maximum absolute atomic E-state index is 12.3. The molecule has 2 rings (SSSR count). The van der Waals surface area contributed by atoms with Crippen molar-refractivity contribution >= 4 is 5.91 Å². The third-order valence-corrected chi connectivity index (χ3v) is 7.82. The van der Waals surface area contributed by atoms with Crippen molar-refractivity contribution in [3.63, 3.8) is 0 Å². The minimum atomic E-state index is -0.567. The molecule has 1 aliphatic heterocycles. The van der Waals surface area contributed by atoms with E-state index in [1.165, 1.54) is 69.8 Å². The number of carbonyl (C=O) groups excluding carboxylic acids is 1. The third kappa shape index (κ3) is 13.7. The van der Waals surface area contributed by atoms with Gasteiger partial charge in [0.25, 0.3) is 0 Å². The molecule has 0 aliphatic carbocycles. The molecule has 0 saturated carbocycles. The molecule has 0 bridgehead atoms. The van der Waals surface area contributed by atoms with Crippen LogP contribution in [0.4, 0.5) is 0 Å². The zero-order chi connectivity index (χ0) is 27.9. The number of nitrogens with one attached hydrogen (secondary N) is 1. The summed E-state index contributed by atoms with van der Waals surface area (Å²) in [5.74, 6) is 0.537. The highest BCUT2D eigenvalue weighted by molar-refractivity contribution is 5.75. The Hall–Kier alpha value is -1.37. The molecule has 39 heavy (non-hydrogen) atoms. The van der Waals surface area contributed by atoms with Crippen molar-refractivity contribution in [3.05, 3.63) is 23.0 Å². The van der Waals surface area contributed by atoms with Crippen molar-refractivity contribution in [2.24, 2.45) is 0 Å². The molecule has 7 heteroatoms. The highest BCUT2D eigenvalue weighted by Crippen LogP contribution is 2.37. The molecule has 0 spiro atoms. The highest BCUT2D eigenvalue weighted by atomic mass is 35.5. The zero-order valence-electron chi connectivity index (χ0n) is 26.0. The topological polar surface area (TPSA) is 60.5 Å². The molecule has 1 aromatic heterocycles. The lowest BCUT2D eigenvalue weighted by atomic mass is 10.0. The van der Waals surface area contributed by atoms with Crippen LogP contribution in [-0.4, -0.2) is 48.3 Å². The van der Waals surface area contributed by atoms with Gasteiger partial charge in [-0.25, -0.2) is 0 Å². The number of halogens is 1. The fourth-order valence-electron chi connectivity index (χ4n) is 5.47. The summed E-state index contributed by atoms with van der Waals surface area (Å²) in [6, 6.07) is 0. The molecule has 0 radical (unpaired) electrons. The normalized spacial score (nSPS) is 16.8. The first-order valence-corrected chi connectivity index (χ1v) is 15.6. The second-order valence-corrected chi connectivity index (χ2v) is 12.3. The number of amides is 1. The van der Waals surface area contributed by atoms with Gasteiger partial charge in [-0.2, -0.15) is 0 Å². The summed E-state index contributed by atoms with van der Waals surface area (Å²) in [6.07, 6.45) is 19.9. The number of aromatic nitrogens is 1. The second-order valence-electron chi connectivity index (χ2n) is 12.3. The number of fused-ring (bicyclic) bond motifs is 1. The minimum Gasteiger partial charge on any atom is -1.00 e. The van der Waals surface area contributed by atoms with E-state index in [2.05, 4.69) is 38.2 Å². The van der Waals surface area contributed by atoms with Crippen LogP contribution in [0.2, 0.25) is 0 Å². The van der Waals surface area contributed by atoms with Gasteiger partial charge in [0.2, 0.25) is 11.7 Å². The number of hydrogen-bond donors (Lipinski definition) is 1. The van der Waals surface area contributed by atoms with Crippen LogP contribution < -0.4 is 22.5 Å². The Morgan fingerprint density at radius 3 is 2.21 bits per heavy atom. The van der Waals surface area contributed by atoms with Gasteiger partial charge in [0.15, 0.2) is 0 Å². The molecule has 1 aliphatic rings. The van der Waals surface area contributed by atoms with E-state index < -0.39 is 5.79 Å². The Balaban J connectivity index is 0.00000760. The van der Waals surface area contributed by atoms with Crippen molar-refractivity contribution in [3.8, 4) is 5.75 Å². The first-order chi connectivity index (χ1) is 18.2. The van der Waals surface area contributed by atoms with Crippen LogP contribution in [0, 0.1) is 6.92 Å². The molecule has 226 valence electrons. The molecule has 1 unspecified atom stereocenters. The number of ether oxygens (including phenoxy) is 2. The van der Waals surface area contributed by atoms with Gasteiger partial charge in [-0.15, -0.1) is 0 Å². The van der Waals surface area contributed by atoms with Gasteiger partial charge in [-0.3, -0.25) is 9.78 Å². The molecule has 1 atom stereocenters. The first-order valence-electron chi connectivity index (χ1n) is 15.6. The van der Waals surface area contributed by atoms with Crippen molar-refractivity contribution in [1.29, 1.82) is 0 Å². The minimum absolute atomic E-state index is 0. The Morgan fingerprint density at radius 2 is 1.59 bits per heavy atom. The molecule has 0 saturated heterocycles. The Kier molecular flexibility index (Phi) is 17.3. The molecular weight excluding hydrogens is 510 g/mol. The van der Waals surface area contributed by atoms with Gasteiger partial charge >= 0.3 is 0 Å². The number of hydrogen-bond acceptors (Lipinski definition) is 4. The fourth-order valence-corrected chi connectivity index (χ4v) is 5.47. The average molecular weight is 568 g/mol. The largest absolute Gasteiger partial charge is 1.00 e. The van der Waals surface area contributed by atoms with Crippen molar-refractivity contribution in [2.75, 3.05) is 27.2 Å². The van der Waals surface area contributed by atoms with Gasteiger partial charge in [-0.05, 0) is 19.8 Å². The van der Waals surface area contributed by atoms with Crippen molar-refractivity contribution in [2.45, 2.75) is 143 Å². The van der Waals surface area contributed by atoms with Crippen LogP contribution >= 0.6 is 0 Å². The van der Waals surface area contributed by atoms with Crippen LogP contribution in [0.3, 0.4) is 0 Å². The van der Waals surface area contributed by atoms with Crippen LogP contribution in [0.25, 0.3) is 0 Å². The molecule has 1 N–H and O–H groups in total. The average Bonchev–Trinajstić information content (AvgIpc) is 2.87. The lowest BCUT2D eigenvalue weighted by Gasteiger charge is -2.38. The molecule has 1 amide bonds. The lowest BCUT2D eigenvalue weighted by molar-refractivity contribution is -0.903. The number of pyridine rings is 1. The number of aryl methyl sites for hydroxylation is 1. The van der Waals surface area contributed by atoms with E-state index >= 15 is 0 Å². The van der Waals surface area contributed by atoms with E-state index in [0.717, 1.165) is 66.8 Å². The molecule has 2 heterocycles. The van der Waals surface area contributed by atoms with Crippen LogP contribution in [0.15, 0.2) is 6.20 Å². The van der Waals surface area contributed by atoms with Crippen molar-refractivity contribution < 1.29 is 31.2 Å². The maximum atomic E-state index is 12.3. The van der Waals surface area contributed by atoms with E-state index in [4.69, 9.17) is 9.47 Å².